The Hall–Kier alpha value is -2.49. The molecular weight excluding hydrogens is 276 g/mol. The van der Waals surface area contributed by atoms with Gasteiger partial charge in [-0.1, -0.05) is 17.7 Å². The van der Waals surface area contributed by atoms with E-state index in [0.717, 1.165) is 17.1 Å². The van der Waals surface area contributed by atoms with Crippen LogP contribution in [0.3, 0.4) is 0 Å². The van der Waals surface area contributed by atoms with Gasteiger partial charge in [0.15, 0.2) is 0 Å². The van der Waals surface area contributed by atoms with Crippen LogP contribution in [0.25, 0.3) is 0 Å². The minimum Gasteiger partial charge on any atom is -0.491 e. The van der Waals surface area contributed by atoms with Crippen molar-refractivity contribution in [3.05, 3.63) is 54.1 Å². The van der Waals surface area contributed by atoms with Crippen molar-refractivity contribution in [1.29, 1.82) is 0 Å². The number of ether oxygens (including phenoxy) is 1. The highest BCUT2D eigenvalue weighted by Crippen LogP contribution is 2.17. The van der Waals surface area contributed by atoms with Gasteiger partial charge in [0.2, 0.25) is 5.91 Å². The highest BCUT2D eigenvalue weighted by atomic mass is 16.5. The molecule has 116 valence electrons. The molecule has 0 heterocycles. The Labute approximate surface area is 131 Å². The molecule has 0 radical (unpaired) electrons. The number of nitrogens with one attached hydrogen (secondary N) is 2. The normalized spacial score (nSPS) is 10.4. The molecule has 0 aliphatic carbocycles. The van der Waals surface area contributed by atoms with Crippen LogP contribution in [0.5, 0.6) is 5.75 Å². The van der Waals surface area contributed by atoms with Crippen molar-refractivity contribution < 1.29 is 9.53 Å². The Morgan fingerprint density at radius 3 is 2.18 bits per heavy atom. The molecule has 0 bridgehead atoms. The lowest BCUT2D eigenvalue weighted by Crippen LogP contribution is -2.21. The average molecular weight is 298 g/mol. The number of carbonyl (C=O) groups is 1. The van der Waals surface area contributed by atoms with E-state index in [0.29, 0.717) is 0 Å². The third-order valence-corrected chi connectivity index (χ3v) is 3.01. The second-order valence-electron chi connectivity index (χ2n) is 5.46. The SMILES string of the molecule is Cc1ccc(NCC(=O)Nc2ccc(OC(C)C)cc2)cc1. The summed E-state index contributed by atoms with van der Waals surface area (Å²) in [5.41, 5.74) is 2.88. The molecule has 0 unspecified atom stereocenters. The van der Waals surface area contributed by atoms with Crippen molar-refractivity contribution in [2.45, 2.75) is 26.9 Å². The van der Waals surface area contributed by atoms with Crippen LogP contribution < -0.4 is 15.4 Å². The summed E-state index contributed by atoms with van der Waals surface area (Å²) >= 11 is 0. The van der Waals surface area contributed by atoms with Crippen LogP contribution in [0.2, 0.25) is 0 Å². The van der Waals surface area contributed by atoms with Gasteiger partial charge in [-0.2, -0.15) is 0 Å². The summed E-state index contributed by atoms with van der Waals surface area (Å²) in [5, 5.41) is 5.94. The van der Waals surface area contributed by atoms with Crippen LogP contribution in [-0.2, 0) is 4.79 Å². The summed E-state index contributed by atoms with van der Waals surface area (Å²) in [7, 11) is 0. The van der Waals surface area contributed by atoms with Crippen LogP contribution >= 0.6 is 0 Å². The van der Waals surface area contributed by atoms with Crippen LogP contribution in [0.1, 0.15) is 19.4 Å². The van der Waals surface area contributed by atoms with E-state index in [1.54, 1.807) is 0 Å². The second-order valence-corrected chi connectivity index (χ2v) is 5.46. The molecule has 0 saturated carbocycles. The maximum absolute atomic E-state index is 11.9. The Bertz CT molecular complexity index is 604. The van der Waals surface area contributed by atoms with Crippen molar-refractivity contribution in [3.8, 4) is 5.75 Å². The highest BCUT2D eigenvalue weighted by Gasteiger charge is 2.03. The quantitative estimate of drug-likeness (QED) is 0.852. The Morgan fingerprint density at radius 2 is 1.59 bits per heavy atom. The molecule has 0 saturated heterocycles. The predicted molar refractivity (Wildman–Crippen MR) is 90.5 cm³/mol. The standard InChI is InChI=1S/C18H22N2O2/c1-13(2)22-17-10-8-16(9-11-17)20-18(21)12-19-15-6-4-14(3)5-7-15/h4-11,13,19H,12H2,1-3H3,(H,20,21). The zero-order chi connectivity index (χ0) is 15.9. The second kappa shape index (κ2) is 7.50. The van der Waals surface area contributed by atoms with Crippen molar-refractivity contribution >= 4 is 17.3 Å². The molecule has 0 aliphatic rings. The lowest BCUT2D eigenvalue weighted by Gasteiger charge is -2.11. The number of rotatable bonds is 6. The molecule has 4 heteroatoms. The number of benzene rings is 2. The summed E-state index contributed by atoms with van der Waals surface area (Å²) in [6.45, 7) is 6.22. The Morgan fingerprint density at radius 1 is 1.00 bits per heavy atom. The summed E-state index contributed by atoms with van der Waals surface area (Å²) < 4.78 is 5.56. The lowest BCUT2D eigenvalue weighted by atomic mass is 10.2. The van der Waals surface area contributed by atoms with Crippen molar-refractivity contribution in [2.75, 3.05) is 17.2 Å². The molecule has 2 rings (SSSR count). The van der Waals surface area contributed by atoms with E-state index in [9.17, 15) is 4.79 Å². The first-order valence-corrected chi connectivity index (χ1v) is 7.40. The maximum atomic E-state index is 11.9. The fourth-order valence-corrected chi connectivity index (χ4v) is 1.95. The van der Waals surface area contributed by atoms with Gasteiger partial charge in [0.25, 0.3) is 0 Å². The van der Waals surface area contributed by atoms with Crippen molar-refractivity contribution in [2.24, 2.45) is 0 Å². The van der Waals surface area contributed by atoms with Crippen molar-refractivity contribution in [1.82, 2.24) is 0 Å². The highest BCUT2D eigenvalue weighted by molar-refractivity contribution is 5.93. The number of hydrogen-bond acceptors (Lipinski definition) is 3. The smallest absolute Gasteiger partial charge is 0.243 e. The van der Waals surface area contributed by atoms with Gasteiger partial charge in [-0.25, -0.2) is 0 Å². The van der Waals surface area contributed by atoms with E-state index in [1.807, 2.05) is 69.3 Å². The van der Waals surface area contributed by atoms with E-state index in [2.05, 4.69) is 10.6 Å². The first-order chi connectivity index (χ1) is 10.5. The van der Waals surface area contributed by atoms with Crippen LogP contribution in [0, 0.1) is 6.92 Å². The molecule has 22 heavy (non-hydrogen) atoms. The number of amides is 1. The molecule has 1 amide bonds. The molecule has 2 N–H and O–H groups in total. The summed E-state index contributed by atoms with van der Waals surface area (Å²) in [5.74, 6) is 0.712. The predicted octanol–water partition coefficient (Wildman–Crippen LogP) is 3.83. The number of hydrogen-bond donors (Lipinski definition) is 2. The van der Waals surface area contributed by atoms with Gasteiger partial charge in [-0.15, -0.1) is 0 Å². The Balaban J connectivity index is 1.82. The zero-order valence-electron chi connectivity index (χ0n) is 13.2. The van der Waals surface area contributed by atoms with Crippen LogP contribution in [-0.4, -0.2) is 18.6 Å². The first kappa shape index (κ1) is 15.9. The fourth-order valence-electron chi connectivity index (χ4n) is 1.95. The topological polar surface area (TPSA) is 50.4 Å². The van der Waals surface area contributed by atoms with E-state index in [4.69, 9.17) is 4.74 Å². The molecule has 0 aromatic heterocycles. The monoisotopic (exact) mass is 298 g/mol. The van der Waals surface area contributed by atoms with Crippen LogP contribution in [0.15, 0.2) is 48.5 Å². The van der Waals surface area contributed by atoms with E-state index < -0.39 is 0 Å². The molecule has 4 nitrogen and oxygen atoms in total. The molecule has 0 atom stereocenters. The average Bonchev–Trinajstić information content (AvgIpc) is 2.48. The third kappa shape index (κ3) is 5.13. The van der Waals surface area contributed by atoms with Crippen molar-refractivity contribution in [3.63, 3.8) is 0 Å². The van der Waals surface area contributed by atoms with Gasteiger partial charge in [0.05, 0.1) is 12.6 Å². The number of carbonyl (C=O) groups excluding carboxylic acids is 1. The summed E-state index contributed by atoms with van der Waals surface area (Å²) in [6, 6.07) is 15.3. The maximum Gasteiger partial charge on any atom is 0.243 e. The zero-order valence-corrected chi connectivity index (χ0v) is 13.2. The molecule has 2 aromatic carbocycles. The Kier molecular flexibility index (Phi) is 5.42. The molecule has 0 fully saturated rings. The van der Waals surface area contributed by atoms with Gasteiger partial charge in [0, 0.05) is 11.4 Å². The molecule has 0 aliphatic heterocycles. The fraction of sp³-hybridized carbons (Fsp3) is 0.278. The van der Waals surface area contributed by atoms with Crippen LogP contribution in [0.4, 0.5) is 11.4 Å². The van der Waals surface area contributed by atoms with E-state index >= 15 is 0 Å². The minimum absolute atomic E-state index is 0.0851. The van der Waals surface area contributed by atoms with Gasteiger partial charge < -0.3 is 15.4 Å². The number of anilines is 2. The van der Waals surface area contributed by atoms with Gasteiger partial charge in [-0.3, -0.25) is 4.79 Å². The van der Waals surface area contributed by atoms with Gasteiger partial charge in [-0.05, 0) is 57.2 Å². The molecular formula is C18H22N2O2. The van der Waals surface area contributed by atoms with E-state index in [1.165, 1.54) is 5.56 Å². The molecule has 2 aromatic rings. The van der Waals surface area contributed by atoms with Gasteiger partial charge in [0.1, 0.15) is 5.75 Å². The first-order valence-electron chi connectivity index (χ1n) is 7.40. The lowest BCUT2D eigenvalue weighted by molar-refractivity contribution is -0.114. The largest absolute Gasteiger partial charge is 0.491 e. The minimum atomic E-state index is -0.0851. The summed E-state index contributed by atoms with van der Waals surface area (Å²) in [6.07, 6.45) is 0.138. The molecule has 0 spiro atoms. The van der Waals surface area contributed by atoms with E-state index in [-0.39, 0.29) is 18.6 Å². The van der Waals surface area contributed by atoms with Gasteiger partial charge >= 0.3 is 0 Å². The third-order valence-electron chi connectivity index (χ3n) is 3.01. The summed E-state index contributed by atoms with van der Waals surface area (Å²) in [4.78, 5) is 11.9. The number of aryl methyl sites for hydroxylation is 1.